The fourth-order valence-electron chi connectivity index (χ4n) is 4.03. The number of aliphatic hydroxyl groups is 2. The standard InChI is InChI=1S/C28H34N10O10S2/c1-15(39)13-29-23-33-25(37-27(35-23)47-3)31-19-9-7-17(21(11-19)49(41,42)43)5-6-18-8-10-20(12-22(18)50(44,45)46)32-26-34-24(30-14-16(2)40)36-28(38-26)48-4/h5-12,15-16,39-40H,13-14H2,1-4H3,(H,41,42,43)(H,44,45,46)(H2,29,31,33,35,37)(H2,30,32,34,36,38)/b6-5+. The van der Waals surface area contributed by atoms with Gasteiger partial charge in [0.2, 0.25) is 23.8 Å². The van der Waals surface area contributed by atoms with Gasteiger partial charge in [0.25, 0.3) is 20.2 Å². The van der Waals surface area contributed by atoms with Crippen LogP contribution in [0.15, 0.2) is 46.2 Å². The van der Waals surface area contributed by atoms with Crippen LogP contribution in [0.2, 0.25) is 0 Å². The number of benzene rings is 2. The molecule has 50 heavy (non-hydrogen) atoms. The topological polar surface area (TPSA) is 293 Å². The molecule has 0 saturated heterocycles. The first-order chi connectivity index (χ1) is 23.5. The molecule has 2 aromatic heterocycles. The molecular weight excluding hydrogens is 701 g/mol. The predicted octanol–water partition coefficient (Wildman–Crippen LogP) is 1.81. The Balaban J connectivity index is 1.64. The van der Waals surface area contributed by atoms with Gasteiger partial charge in [-0.3, -0.25) is 9.11 Å². The highest BCUT2D eigenvalue weighted by molar-refractivity contribution is 7.86. The fraction of sp³-hybridized carbons (Fsp3) is 0.286. The molecule has 0 amide bonds. The van der Waals surface area contributed by atoms with E-state index in [0.29, 0.717) is 0 Å². The van der Waals surface area contributed by atoms with E-state index in [1.54, 1.807) is 13.8 Å². The van der Waals surface area contributed by atoms with Gasteiger partial charge >= 0.3 is 12.0 Å². The number of rotatable bonds is 16. The molecule has 2 unspecified atom stereocenters. The Morgan fingerprint density at radius 2 is 1.00 bits per heavy atom. The number of nitrogens with zero attached hydrogens (tertiary/aromatic N) is 6. The van der Waals surface area contributed by atoms with Crippen LogP contribution in [-0.4, -0.2) is 106 Å². The lowest BCUT2D eigenvalue weighted by Crippen LogP contribution is -2.17. The molecule has 22 heteroatoms. The third-order valence-corrected chi connectivity index (χ3v) is 8.06. The number of aliphatic hydroxyl groups excluding tert-OH is 2. The van der Waals surface area contributed by atoms with Gasteiger partial charge in [-0.1, -0.05) is 24.3 Å². The van der Waals surface area contributed by atoms with E-state index in [4.69, 9.17) is 9.47 Å². The molecule has 4 aromatic rings. The van der Waals surface area contributed by atoms with Crippen LogP contribution in [-0.2, 0) is 20.2 Å². The summed E-state index contributed by atoms with van der Waals surface area (Å²) < 4.78 is 79.7. The van der Waals surface area contributed by atoms with Gasteiger partial charge in [0, 0.05) is 24.5 Å². The van der Waals surface area contributed by atoms with Crippen LogP contribution < -0.4 is 30.7 Å². The van der Waals surface area contributed by atoms with E-state index in [1.807, 2.05) is 0 Å². The van der Waals surface area contributed by atoms with E-state index >= 15 is 0 Å². The van der Waals surface area contributed by atoms with Crippen molar-refractivity contribution in [2.45, 2.75) is 35.8 Å². The second-order valence-electron chi connectivity index (χ2n) is 10.4. The first-order valence-corrected chi connectivity index (χ1v) is 17.3. The van der Waals surface area contributed by atoms with Gasteiger partial charge < -0.3 is 41.0 Å². The maximum atomic E-state index is 12.4. The van der Waals surface area contributed by atoms with Gasteiger partial charge in [0.15, 0.2) is 0 Å². The van der Waals surface area contributed by atoms with E-state index in [-0.39, 0.29) is 71.4 Å². The van der Waals surface area contributed by atoms with Crippen molar-refractivity contribution in [1.82, 2.24) is 29.9 Å². The van der Waals surface area contributed by atoms with E-state index in [0.717, 1.165) is 12.1 Å². The molecule has 0 spiro atoms. The molecule has 268 valence electrons. The van der Waals surface area contributed by atoms with Crippen LogP contribution in [0.1, 0.15) is 25.0 Å². The Labute approximate surface area is 286 Å². The molecule has 8 N–H and O–H groups in total. The maximum absolute atomic E-state index is 12.4. The number of methoxy groups -OCH3 is 2. The van der Waals surface area contributed by atoms with Crippen LogP contribution in [0.3, 0.4) is 0 Å². The maximum Gasteiger partial charge on any atom is 0.322 e. The summed E-state index contributed by atoms with van der Waals surface area (Å²) in [5.74, 6) is 0.0223. The van der Waals surface area contributed by atoms with Crippen molar-refractivity contribution in [3.8, 4) is 12.0 Å². The van der Waals surface area contributed by atoms with Gasteiger partial charge in [-0.2, -0.15) is 46.7 Å². The molecule has 2 aromatic carbocycles. The fourth-order valence-corrected chi connectivity index (χ4v) is 5.45. The SMILES string of the molecule is COc1nc(NCC(C)O)nc(Nc2ccc(/C=C/c3ccc(Nc4nc(NCC(C)O)nc(OC)n4)cc3S(=O)(=O)O)c(S(=O)(=O)O)c2)n1. The van der Waals surface area contributed by atoms with Gasteiger partial charge in [-0.25, -0.2) is 0 Å². The van der Waals surface area contributed by atoms with Crippen molar-refractivity contribution in [1.29, 1.82) is 0 Å². The Morgan fingerprint density at radius 3 is 1.32 bits per heavy atom. The highest BCUT2D eigenvalue weighted by Crippen LogP contribution is 2.28. The third-order valence-electron chi connectivity index (χ3n) is 6.24. The second-order valence-corrected chi connectivity index (χ2v) is 13.2. The van der Waals surface area contributed by atoms with Gasteiger partial charge in [-0.05, 0) is 49.2 Å². The Kier molecular flexibility index (Phi) is 12.0. The van der Waals surface area contributed by atoms with Crippen LogP contribution >= 0.6 is 0 Å². The minimum Gasteiger partial charge on any atom is -0.467 e. The summed E-state index contributed by atoms with van der Waals surface area (Å²) >= 11 is 0. The number of anilines is 6. The number of nitrogens with one attached hydrogen (secondary N) is 4. The average molecular weight is 735 g/mol. The molecule has 4 rings (SSSR count). The van der Waals surface area contributed by atoms with Gasteiger partial charge in [0.1, 0.15) is 9.79 Å². The largest absolute Gasteiger partial charge is 0.467 e. The zero-order valence-corrected chi connectivity index (χ0v) is 28.6. The van der Waals surface area contributed by atoms with Crippen LogP contribution in [0.5, 0.6) is 12.0 Å². The Bertz CT molecular complexity index is 1930. The first-order valence-electron chi connectivity index (χ1n) is 14.4. The lowest BCUT2D eigenvalue weighted by molar-refractivity contribution is 0.207. The molecule has 20 nitrogen and oxygen atoms in total. The number of hydrogen-bond acceptors (Lipinski definition) is 18. The molecule has 0 saturated carbocycles. The lowest BCUT2D eigenvalue weighted by atomic mass is 10.1. The quantitative estimate of drug-likeness (QED) is 0.0601. The third kappa shape index (κ3) is 10.6. The smallest absolute Gasteiger partial charge is 0.322 e. The van der Waals surface area contributed by atoms with Crippen molar-refractivity contribution in [3.05, 3.63) is 47.5 Å². The predicted molar refractivity (Wildman–Crippen MR) is 181 cm³/mol. The van der Waals surface area contributed by atoms with Crippen LogP contribution in [0.4, 0.5) is 35.2 Å². The number of ether oxygens (including phenoxy) is 2. The lowest BCUT2D eigenvalue weighted by Gasteiger charge is -2.12. The van der Waals surface area contributed by atoms with Crippen molar-refractivity contribution in [2.24, 2.45) is 0 Å². The number of aromatic nitrogens is 6. The summed E-state index contributed by atoms with van der Waals surface area (Å²) in [5.41, 5.74) is 0.197. The summed E-state index contributed by atoms with van der Waals surface area (Å²) in [6.07, 6.45) is 1.04. The second kappa shape index (κ2) is 16.0. The monoisotopic (exact) mass is 734 g/mol. The van der Waals surface area contributed by atoms with Crippen molar-refractivity contribution in [2.75, 3.05) is 48.6 Å². The summed E-state index contributed by atoms with van der Waals surface area (Å²) in [4.78, 5) is 23.4. The van der Waals surface area contributed by atoms with Gasteiger partial charge in [-0.15, -0.1) is 0 Å². The van der Waals surface area contributed by atoms with Crippen molar-refractivity contribution >= 4 is 67.6 Å². The normalized spacial score (nSPS) is 13.0. The molecule has 2 atom stereocenters. The van der Waals surface area contributed by atoms with Crippen molar-refractivity contribution in [3.63, 3.8) is 0 Å². The van der Waals surface area contributed by atoms with E-state index in [1.165, 1.54) is 50.6 Å². The van der Waals surface area contributed by atoms with Crippen LogP contribution in [0, 0.1) is 0 Å². The van der Waals surface area contributed by atoms with Crippen LogP contribution in [0.25, 0.3) is 12.2 Å². The highest BCUT2D eigenvalue weighted by Gasteiger charge is 2.19. The summed E-state index contributed by atoms with van der Waals surface area (Å²) in [6, 6.07) is 7.57. The summed E-state index contributed by atoms with van der Waals surface area (Å²) in [7, 11) is -6.99. The molecular formula is C28H34N10O10S2. The molecule has 2 heterocycles. The average Bonchev–Trinajstić information content (AvgIpc) is 3.05. The molecule has 0 aliphatic carbocycles. The summed E-state index contributed by atoms with van der Waals surface area (Å²) in [6.45, 7) is 3.36. The van der Waals surface area contributed by atoms with E-state index < -0.39 is 42.2 Å². The summed E-state index contributed by atoms with van der Waals surface area (Å²) in [5, 5.41) is 30.3. The molecule has 0 aliphatic heterocycles. The molecule has 0 fully saturated rings. The minimum atomic E-state index is -4.83. The Hall–Kier alpha value is -5.26. The zero-order valence-electron chi connectivity index (χ0n) is 26.9. The molecule has 0 radical (unpaired) electrons. The molecule has 0 aliphatic rings. The first kappa shape index (κ1) is 37.6. The highest BCUT2D eigenvalue weighted by atomic mass is 32.2. The van der Waals surface area contributed by atoms with E-state index in [2.05, 4.69) is 51.2 Å². The minimum absolute atomic E-state index is 0.0384. The van der Waals surface area contributed by atoms with E-state index in [9.17, 15) is 36.2 Å². The zero-order chi connectivity index (χ0) is 36.6. The van der Waals surface area contributed by atoms with Gasteiger partial charge in [0.05, 0.1) is 26.4 Å². The Morgan fingerprint density at radius 1 is 0.640 bits per heavy atom. The molecule has 0 bridgehead atoms. The number of hydrogen-bond donors (Lipinski definition) is 8. The van der Waals surface area contributed by atoms with Crippen molar-refractivity contribution < 1.29 is 45.6 Å².